The topological polar surface area (TPSA) is 64.3 Å². The summed E-state index contributed by atoms with van der Waals surface area (Å²) in [5.74, 6) is 1.25. The number of carbonyl (C=O) groups excluding carboxylic acids is 1. The second kappa shape index (κ2) is 7.14. The fourth-order valence-corrected chi connectivity index (χ4v) is 1.43. The SMILES string of the molecule is CC(C)COc1ccc(NC(=O)C(N)C(C)C)cc1. The van der Waals surface area contributed by atoms with Gasteiger partial charge in [-0.2, -0.15) is 0 Å². The zero-order valence-electron chi connectivity index (χ0n) is 12.1. The lowest BCUT2D eigenvalue weighted by molar-refractivity contribution is -0.118. The van der Waals surface area contributed by atoms with E-state index in [1.54, 1.807) is 0 Å². The van der Waals surface area contributed by atoms with Crippen LogP contribution in [0.4, 0.5) is 5.69 Å². The van der Waals surface area contributed by atoms with E-state index >= 15 is 0 Å². The average Bonchev–Trinajstić information content (AvgIpc) is 2.36. The molecule has 0 radical (unpaired) electrons. The van der Waals surface area contributed by atoms with E-state index in [1.165, 1.54) is 0 Å². The second-order valence-corrected chi connectivity index (χ2v) is 5.49. The van der Waals surface area contributed by atoms with Crippen molar-refractivity contribution in [3.05, 3.63) is 24.3 Å². The highest BCUT2D eigenvalue weighted by Crippen LogP contribution is 2.17. The first-order valence-corrected chi connectivity index (χ1v) is 6.69. The molecular formula is C15H24N2O2. The quantitative estimate of drug-likeness (QED) is 0.830. The second-order valence-electron chi connectivity index (χ2n) is 5.49. The van der Waals surface area contributed by atoms with Crippen molar-refractivity contribution in [2.45, 2.75) is 33.7 Å². The van der Waals surface area contributed by atoms with Gasteiger partial charge >= 0.3 is 0 Å². The van der Waals surface area contributed by atoms with Gasteiger partial charge in [0.1, 0.15) is 5.75 Å². The molecule has 3 N–H and O–H groups in total. The Morgan fingerprint density at radius 1 is 1.21 bits per heavy atom. The summed E-state index contributed by atoms with van der Waals surface area (Å²) in [5, 5.41) is 2.80. The molecule has 1 aromatic rings. The third kappa shape index (κ3) is 5.30. The van der Waals surface area contributed by atoms with Gasteiger partial charge in [-0.1, -0.05) is 27.7 Å². The van der Waals surface area contributed by atoms with Crippen molar-refractivity contribution < 1.29 is 9.53 Å². The van der Waals surface area contributed by atoms with Gasteiger partial charge in [0.2, 0.25) is 5.91 Å². The van der Waals surface area contributed by atoms with Crippen LogP contribution in [0.5, 0.6) is 5.75 Å². The highest BCUT2D eigenvalue weighted by Gasteiger charge is 2.16. The summed E-state index contributed by atoms with van der Waals surface area (Å²) in [6.07, 6.45) is 0. The molecule has 0 bridgehead atoms. The summed E-state index contributed by atoms with van der Waals surface area (Å²) in [5.41, 5.74) is 6.52. The van der Waals surface area contributed by atoms with Gasteiger partial charge in [-0.3, -0.25) is 4.79 Å². The molecule has 1 amide bonds. The number of carbonyl (C=O) groups is 1. The van der Waals surface area contributed by atoms with E-state index in [0.717, 1.165) is 11.4 Å². The Balaban J connectivity index is 2.55. The van der Waals surface area contributed by atoms with Gasteiger partial charge in [-0.05, 0) is 36.1 Å². The summed E-state index contributed by atoms with van der Waals surface area (Å²) in [4.78, 5) is 11.8. The minimum absolute atomic E-state index is 0.119. The molecule has 4 heteroatoms. The number of anilines is 1. The standard InChI is InChI=1S/C15H24N2O2/c1-10(2)9-19-13-7-5-12(6-8-13)17-15(18)14(16)11(3)4/h5-8,10-11,14H,9,16H2,1-4H3,(H,17,18). The minimum atomic E-state index is -0.489. The van der Waals surface area contributed by atoms with Crippen molar-refractivity contribution >= 4 is 11.6 Å². The first-order chi connectivity index (χ1) is 8.90. The Hall–Kier alpha value is -1.55. The zero-order chi connectivity index (χ0) is 14.4. The van der Waals surface area contributed by atoms with Crippen molar-refractivity contribution in [1.29, 1.82) is 0 Å². The van der Waals surface area contributed by atoms with Gasteiger partial charge < -0.3 is 15.8 Å². The number of hydrogen-bond acceptors (Lipinski definition) is 3. The number of nitrogens with two attached hydrogens (primary N) is 1. The molecule has 0 aliphatic heterocycles. The largest absolute Gasteiger partial charge is 0.493 e. The van der Waals surface area contributed by atoms with Crippen molar-refractivity contribution in [3.8, 4) is 5.75 Å². The Kier molecular flexibility index (Phi) is 5.83. The van der Waals surface area contributed by atoms with Gasteiger partial charge in [0.15, 0.2) is 0 Å². The van der Waals surface area contributed by atoms with Crippen LogP contribution in [0.15, 0.2) is 24.3 Å². The first-order valence-electron chi connectivity index (χ1n) is 6.69. The number of hydrogen-bond donors (Lipinski definition) is 2. The number of benzene rings is 1. The lowest BCUT2D eigenvalue weighted by Gasteiger charge is -2.15. The van der Waals surface area contributed by atoms with Crippen LogP contribution >= 0.6 is 0 Å². The maximum Gasteiger partial charge on any atom is 0.241 e. The summed E-state index contributed by atoms with van der Waals surface area (Å²) in [7, 11) is 0. The molecule has 1 unspecified atom stereocenters. The molecule has 106 valence electrons. The van der Waals surface area contributed by atoms with Crippen LogP contribution in [0.2, 0.25) is 0 Å². The Labute approximate surface area is 115 Å². The van der Waals surface area contributed by atoms with Gasteiger partial charge in [0.05, 0.1) is 12.6 Å². The fourth-order valence-electron chi connectivity index (χ4n) is 1.43. The molecule has 0 aliphatic rings. The molecule has 0 aromatic heterocycles. The Morgan fingerprint density at radius 3 is 2.26 bits per heavy atom. The van der Waals surface area contributed by atoms with Crippen molar-refractivity contribution in [2.24, 2.45) is 17.6 Å². The third-order valence-corrected chi connectivity index (χ3v) is 2.73. The fraction of sp³-hybridized carbons (Fsp3) is 0.533. The summed E-state index contributed by atoms with van der Waals surface area (Å²) < 4.78 is 5.58. The lowest BCUT2D eigenvalue weighted by atomic mass is 10.1. The molecule has 0 saturated heterocycles. The van der Waals surface area contributed by atoms with Crippen LogP contribution in [0.1, 0.15) is 27.7 Å². The molecule has 1 atom stereocenters. The molecule has 1 rings (SSSR count). The van der Waals surface area contributed by atoms with E-state index in [-0.39, 0.29) is 11.8 Å². The highest BCUT2D eigenvalue weighted by atomic mass is 16.5. The van der Waals surface area contributed by atoms with Crippen LogP contribution in [0.3, 0.4) is 0 Å². The molecule has 4 nitrogen and oxygen atoms in total. The third-order valence-electron chi connectivity index (χ3n) is 2.73. The number of ether oxygens (including phenoxy) is 1. The van der Waals surface area contributed by atoms with Crippen molar-refractivity contribution in [3.63, 3.8) is 0 Å². The van der Waals surface area contributed by atoms with Gasteiger partial charge in [0.25, 0.3) is 0 Å². The first kappa shape index (κ1) is 15.5. The average molecular weight is 264 g/mol. The van der Waals surface area contributed by atoms with Crippen molar-refractivity contribution in [2.75, 3.05) is 11.9 Å². The predicted octanol–water partition coefficient (Wildman–Crippen LogP) is 2.64. The number of nitrogens with one attached hydrogen (secondary N) is 1. The Morgan fingerprint density at radius 2 is 1.79 bits per heavy atom. The van der Waals surface area contributed by atoms with Crippen LogP contribution in [-0.2, 0) is 4.79 Å². The van der Waals surface area contributed by atoms with E-state index < -0.39 is 6.04 Å². The smallest absolute Gasteiger partial charge is 0.241 e. The van der Waals surface area contributed by atoms with Crippen LogP contribution in [-0.4, -0.2) is 18.6 Å². The highest BCUT2D eigenvalue weighted by molar-refractivity contribution is 5.94. The molecule has 0 fully saturated rings. The molecule has 0 heterocycles. The van der Waals surface area contributed by atoms with Crippen LogP contribution in [0.25, 0.3) is 0 Å². The molecule has 0 saturated carbocycles. The van der Waals surface area contributed by atoms with E-state index in [0.29, 0.717) is 12.5 Å². The summed E-state index contributed by atoms with van der Waals surface area (Å²) in [6.45, 7) is 8.73. The maximum absolute atomic E-state index is 11.8. The number of rotatable bonds is 6. The normalized spacial score (nSPS) is 12.6. The minimum Gasteiger partial charge on any atom is -0.493 e. The van der Waals surface area contributed by atoms with Crippen LogP contribution in [0, 0.1) is 11.8 Å². The zero-order valence-corrected chi connectivity index (χ0v) is 12.1. The maximum atomic E-state index is 11.8. The molecule has 19 heavy (non-hydrogen) atoms. The van der Waals surface area contributed by atoms with E-state index in [4.69, 9.17) is 10.5 Å². The van der Waals surface area contributed by atoms with E-state index in [2.05, 4.69) is 19.2 Å². The molecule has 0 aliphatic carbocycles. The monoisotopic (exact) mass is 264 g/mol. The van der Waals surface area contributed by atoms with Crippen molar-refractivity contribution in [1.82, 2.24) is 0 Å². The predicted molar refractivity (Wildman–Crippen MR) is 78.2 cm³/mol. The molecule has 0 spiro atoms. The van der Waals surface area contributed by atoms with E-state index in [9.17, 15) is 4.79 Å². The van der Waals surface area contributed by atoms with Crippen LogP contribution < -0.4 is 15.8 Å². The number of amides is 1. The molecule has 1 aromatic carbocycles. The summed E-state index contributed by atoms with van der Waals surface area (Å²) >= 11 is 0. The molecular weight excluding hydrogens is 240 g/mol. The van der Waals surface area contributed by atoms with Gasteiger partial charge in [0, 0.05) is 5.69 Å². The Bertz CT molecular complexity index is 399. The van der Waals surface area contributed by atoms with E-state index in [1.807, 2.05) is 38.1 Å². The van der Waals surface area contributed by atoms with Gasteiger partial charge in [-0.15, -0.1) is 0 Å². The lowest BCUT2D eigenvalue weighted by Crippen LogP contribution is -2.39. The van der Waals surface area contributed by atoms with Gasteiger partial charge in [-0.25, -0.2) is 0 Å². The summed E-state index contributed by atoms with van der Waals surface area (Å²) in [6, 6.07) is 6.84.